The molecule has 0 spiro atoms. The van der Waals surface area contributed by atoms with E-state index in [1.807, 2.05) is 0 Å². The summed E-state index contributed by atoms with van der Waals surface area (Å²) in [5.41, 5.74) is 5.96. The molecule has 0 saturated heterocycles. The number of hydrogen-bond donors (Lipinski definition) is 2. The van der Waals surface area contributed by atoms with Gasteiger partial charge in [0, 0.05) is 12.5 Å². The zero-order valence-corrected chi connectivity index (χ0v) is 8.69. The van der Waals surface area contributed by atoms with Gasteiger partial charge in [0.05, 0.1) is 19.0 Å². The molecule has 1 aromatic heterocycles. The lowest BCUT2D eigenvalue weighted by Crippen LogP contribution is -2.13. The molecule has 1 heterocycles. The molecule has 0 saturated carbocycles. The number of aromatic nitrogens is 1. The summed E-state index contributed by atoms with van der Waals surface area (Å²) in [6.45, 7) is 0.522. The van der Waals surface area contributed by atoms with Crippen LogP contribution in [-0.4, -0.2) is 24.5 Å². The minimum atomic E-state index is -0.0487. The van der Waals surface area contributed by atoms with Gasteiger partial charge in [0.15, 0.2) is 0 Å². The Morgan fingerprint density at radius 3 is 2.93 bits per heavy atom. The Balaban J connectivity index is 2.46. The topological polar surface area (TPSA) is 77.2 Å². The number of amides is 1. The summed E-state index contributed by atoms with van der Waals surface area (Å²) < 4.78 is 4.90. The number of carbonyl (C=O) groups is 1. The minimum Gasteiger partial charge on any atom is -0.481 e. The monoisotopic (exact) mass is 209 g/mol. The van der Waals surface area contributed by atoms with Gasteiger partial charge in [-0.15, -0.1) is 0 Å². The van der Waals surface area contributed by atoms with Gasteiger partial charge in [-0.2, -0.15) is 0 Å². The zero-order chi connectivity index (χ0) is 11.1. The third kappa shape index (κ3) is 3.95. The second-order valence-electron chi connectivity index (χ2n) is 3.03. The summed E-state index contributed by atoms with van der Waals surface area (Å²) in [7, 11) is 1.54. The molecule has 1 aromatic rings. The van der Waals surface area contributed by atoms with Gasteiger partial charge < -0.3 is 15.8 Å². The first-order chi connectivity index (χ1) is 7.26. The maximum atomic E-state index is 11.3. The van der Waals surface area contributed by atoms with Crippen molar-refractivity contribution in [3.8, 4) is 5.88 Å². The van der Waals surface area contributed by atoms with Crippen LogP contribution in [0.15, 0.2) is 18.3 Å². The second-order valence-corrected chi connectivity index (χ2v) is 3.03. The van der Waals surface area contributed by atoms with Crippen molar-refractivity contribution in [2.24, 2.45) is 5.73 Å². The molecule has 5 nitrogen and oxygen atoms in total. The Morgan fingerprint density at radius 1 is 1.60 bits per heavy atom. The summed E-state index contributed by atoms with van der Waals surface area (Å²) in [5, 5.41) is 2.72. The summed E-state index contributed by atoms with van der Waals surface area (Å²) >= 11 is 0. The van der Waals surface area contributed by atoms with Crippen LogP contribution in [0.5, 0.6) is 5.88 Å². The predicted octanol–water partition coefficient (Wildman–Crippen LogP) is 0.768. The Morgan fingerprint density at radius 2 is 2.40 bits per heavy atom. The van der Waals surface area contributed by atoms with Gasteiger partial charge >= 0.3 is 0 Å². The van der Waals surface area contributed by atoms with Gasteiger partial charge in [0.25, 0.3) is 0 Å². The van der Waals surface area contributed by atoms with Crippen molar-refractivity contribution in [3.05, 3.63) is 18.3 Å². The van der Waals surface area contributed by atoms with Crippen molar-refractivity contribution in [1.82, 2.24) is 4.98 Å². The van der Waals surface area contributed by atoms with Gasteiger partial charge in [0.1, 0.15) is 0 Å². The molecule has 0 aromatic carbocycles. The van der Waals surface area contributed by atoms with Crippen molar-refractivity contribution in [3.63, 3.8) is 0 Å². The van der Waals surface area contributed by atoms with E-state index in [4.69, 9.17) is 10.5 Å². The number of anilines is 1. The Labute approximate surface area is 88.6 Å². The average molecular weight is 209 g/mol. The summed E-state index contributed by atoms with van der Waals surface area (Å²) in [6, 6.07) is 3.44. The SMILES string of the molecule is COc1ccc(NC(=O)CCCN)cn1. The first-order valence-corrected chi connectivity index (χ1v) is 4.76. The highest BCUT2D eigenvalue weighted by Crippen LogP contribution is 2.11. The molecule has 1 amide bonds. The summed E-state index contributed by atoms with van der Waals surface area (Å²) in [4.78, 5) is 15.3. The maximum Gasteiger partial charge on any atom is 0.224 e. The molecular formula is C10H15N3O2. The van der Waals surface area contributed by atoms with Crippen molar-refractivity contribution < 1.29 is 9.53 Å². The number of hydrogen-bond acceptors (Lipinski definition) is 4. The van der Waals surface area contributed by atoms with E-state index >= 15 is 0 Å². The van der Waals surface area contributed by atoms with E-state index in [2.05, 4.69) is 10.3 Å². The fourth-order valence-corrected chi connectivity index (χ4v) is 1.06. The molecule has 0 bridgehead atoms. The standard InChI is InChI=1S/C10H15N3O2/c1-15-10-5-4-8(7-12-10)13-9(14)3-2-6-11/h4-5,7H,2-3,6,11H2,1H3,(H,13,14). The van der Waals surface area contributed by atoms with Gasteiger partial charge in [-0.1, -0.05) is 0 Å². The van der Waals surface area contributed by atoms with Crippen LogP contribution < -0.4 is 15.8 Å². The molecule has 5 heteroatoms. The fraction of sp³-hybridized carbons (Fsp3) is 0.400. The number of methoxy groups -OCH3 is 1. The van der Waals surface area contributed by atoms with Gasteiger partial charge in [-0.3, -0.25) is 4.79 Å². The molecule has 0 aliphatic rings. The zero-order valence-electron chi connectivity index (χ0n) is 8.69. The lowest BCUT2D eigenvalue weighted by Gasteiger charge is -2.04. The molecule has 0 fully saturated rings. The van der Waals surface area contributed by atoms with E-state index in [0.29, 0.717) is 31.0 Å². The predicted molar refractivity (Wildman–Crippen MR) is 57.7 cm³/mol. The minimum absolute atomic E-state index is 0.0487. The summed E-state index contributed by atoms with van der Waals surface area (Å²) in [6.07, 6.45) is 2.68. The first kappa shape index (κ1) is 11.5. The normalized spacial score (nSPS) is 9.73. The van der Waals surface area contributed by atoms with Crippen molar-refractivity contribution in [1.29, 1.82) is 0 Å². The van der Waals surface area contributed by atoms with Crippen LogP contribution in [-0.2, 0) is 4.79 Å². The highest BCUT2D eigenvalue weighted by atomic mass is 16.5. The number of rotatable bonds is 5. The molecule has 0 unspecified atom stereocenters. The van der Waals surface area contributed by atoms with Crippen molar-refractivity contribution >= 4 is 11.6 Å². The van der Waals surface area contributed by atoms with Gasteiger partial charge in [-0.25, -0.2) is 4.98 Å². The smallest absolute Gasteiger partial charge is 0.224 e. The third-order valence-corrected chi connectivity index (χ3v) is 1.84. The Bertz CT molecular complexity index is 311. The van der Waals surface area contributed by atoms with Crippen LogP contribution in [0, 0.1) is 0 Å². The highest BCUT2D eigenvalue weighted by Gasteiger charge is 2.01. The lowest BCUT2D eigenvalue weighted by atomic mass is 10.3. The Hall–Kier alpha value is -1.62. The van der Waals surface area contributed by atoms with E-state index < -0.39 is 0 Å². The highest BCUT2D eigenvalue weighted by molar-refractivity contribution is 5.90. The van der Waals surface area contributed by atoms with Crippen molar-refractivity contribution in [2.75, 3.05) is 19.0 Å². The lowest BCUT2D eigenvalue weighted by molar-refractivity contribution is -0.116. The number of carbonyl (C=O) groups excluding carboxylic acids is 1. The molecule has 0 atom stereocenters. The van der Waals surface area contributed by atoms with E-state index in [1.165, 1.54) is 0 Å². The van der Waals surface area contributed by atoms with Crippen LogP contribution in [0.25, 0.3) is 0 Å². The molecule has 15 heavy (non-hydrogen) atoms. The number of nitrogens with two attached hydrogens (primary N) is 1. The van der Waals surface area contributed by atoms with Gasteiger partial charge in [0.2, 0.25) is 11.8 Å². The fourth-order valence-electron chi connectivity index (χ4n) is 1.06. The molecule has 0 aliphatic heterocycles. The van der Waals surface area contributed by atoms with Crippen LogP contribution in [0.3, 0.4) is 0 Å². The summed E-state index contributed by atoms with van der Waals surface area (Å²) in [5.74, 6) is 0.474. The van der Waals surface area contributed by atoms with E-state index in [9.17, 15) is 4.79 Å². The second kappa shape index (κ2) is 5.98. The third-order valence-electron chi connectivity index (χ3n) is 1.84. The van der Waals surface area contributed by atoms with Crippen LogP contribution in [0.1, 0.15) is 12.8 Å². The van der Waals surface area contributed by atoms with E-state index in [1.54, 1.807) is 25.4 Å². The molecule has 0 radical (unpaired) electrons. The number of nitrogens with zero attached hydrogens (tertiary/aromatic N) is 1. The largest absolute Gasteiger partial charge is 0.481 e. The van der Waals surface area contributed by atoms with Crippen LogP contribution in [0.4, 0.5) is 5.69 Å². The average Bonchev–Trinajstić information content (AvgIpc) is 2.27. The molecule has 3 N–H and O–H groups in total. The van der Waals surface area contributed by atoms with Crippen molar-refractivity contribution in [2.45, 2.75) is 12.8 Å². The molecular weight excluding hydrogens is 194 g/mol. The molecule has 1 rings (SSSR count). The van der Waals surface area contributed by atoms with Gasteiger partial charge in [-0.05, 0) is 19.0 Å². The number of nitrogens with one attached hydrogen (secondary N) is 1. The quantitative estimate of drug-likeness (QED) is 0.750. The number of ether oxygens (including phenoxy) is 1. The Kier molecular flexibility index (Phi) is 4.56. The van der Waals surface area contributed by atoms with E-state index in [0.717, 1.165) is 0 Å². The molecule has 82 valence electrons. The van der Waals surface area contributed by atoms with E-state index in [-0.39, 0.29) is 5.91 Å². The van der Waals surface area contributed by atoms with Crippen LogP contribution in [0.2, 0.25) is 0 Å². The number of pyridine rings is 1. The molecule has 0 aliphatic carbocycles. The first-order valence-electron chi connectivity index (χ1n) is 4.76. The van der Waals surface area contributed by atoms with Crippen LogP contribution >= 0.6 is 0 Å². The maximum absolute atomic E-state index is 11.3.